The molecule has 0 radical (unpaired) electrons. The number of Topliss-reactive ketones (excluding diaryl/α,β-unsaturated/α-hetero) is 1. The number of ketones is 1. The van der Waals surface area contributed by atoms with Crippen molar-refractivity contribution in [2.75, 3.05) is 12.9 Å². The maximum atomic E-state index is 13.5. The van der Waals surface area contributed by atoms with Gasteiger partial charge >= 0.3 is 0 Å². The zero-order chi connectivity index (χ0) is 15.4. The fraction of sp³-hybridized carbons (Fsp3) is 0.133. The van der Waals surface area contributed by atoms with Crippen LogP contribution in [0.15, 0.2) is 47.4 Å². The summed E-state index contributed by atoms with van der Waals surface area (Å²) >= 11 is 0. The number of carbonyl (C=O) groups is 1. The van der Waals surface area contributed by atoms with E-state index in [0.717, 1.165) is 18.2 Å². The van der Waals surface area contributed by atoms with E-state index in [4.69, 9.17) is 4.74 Å². The van der Waals surface area contributed by atoms with Gasteiger partial charge in [-0.3, -0.25) is 9.00 Å². The SMILES string of the molecule is COc1ccc(S(=O)CC(=O)c2cc(F)ccc2F)cc1. The Balaban J connectivity index is 2.14. The molecule has 0 heterocycles. The van der Waals surface area contributed by atoms with Gasteiger partial charge in [-0.1, -0.05) is 0 Å². The molecule has 0 aliphatic rings. The van der Waals surface area contributed by atoms with Gasteiger partial charge in [0.1, 0.15) is 17.4 Å². The lowest BCUT2D eigenvalue weighted by atomic mass is 10.1. The highest BCUT2D eigenvalue weighted by Gasteiger charge is 2.17. The van der Waals surface area contributed by atoms with E-state index in [1.165, 1.54) is 7.11 Å². The van der Waals surface area contributed by atoms with Gasteiger partial charge in [0.25, 0.3) is 0 Å². The molecule has 6 heteroatoms. The molecule has 2 aromatic rings. The number of ether oxygens (including phenoxy) is 1. The quantitative estimate of drug-likeness (QED) is 0.798. The summed E-state index contributed by atoms with van der Waals surface area (Å²) in [4.78, 5) is 12.3. The number of methoxy groups -OCH3 is 1. The van der Waals surface area contributed by atoms with Crippen molar-refractivity contribution in [1.29, 1.82) is 0 Å². The van der Waals surface area contributed by atoms with Crippen molar-refractivity contribution in [3.05, 3.63) is 59.7 Å². The average Bonchev–Trinajstić information content (AvgIpc) is 2.49. The molecule has 21 heavy (non-hydrogen) atoms. The second kappa shape index (κ2) is 6.58. The van der Waals surface area contributed by atoms with Crippen molar-refractivity contribution in [2.24, 2.45) is 0 Å². The molecule has 0 saturated heterocycles. The molecule has 3 nitrogen and oxygen atoms in total. The van der Waals surface area contributed by atoms with E-state index >= 15 is 0 Å². The lowest BCUT2D eigenvalue weighted by molar-refractivity contribution is 0.101. The third-order valence-corrected chi connectivity index (χ3v) is 4.14. The lowest BCUT2D eigenvalue weighted by Gasteiger charge is -2.05. The minimum atomic E-state index is -1.63. The molecule has 0 fully saturated rings. The van der Waals surface area contributed by atoms with Crippen molar-refractivity contribution in [2.45, 2.75) is 4.90 Å². The Morgan fingerprint density at radius 3 is 2.43 bits per heavy atom. The lowest BCUT2D eigenvalue weighted by Crippen LogP contribution is -2.13. The van der Waals surface area contributed by atoms with Crippen LogP contribution >= 0.6 is 0 Å². The summed E-state index contributed by atoms with van der Waals surface area (Å²) in [5.41, 5.74) is -0.392. The number of rotatable bonds is 5. The van der Waals surface area contributed by atoms with Gasteiger partial charge < -0.3 is 4.74 Å². The highest BCUT2D eigenvalue weighted by atomic mass is 32.2. The third-order valence-electron chi connectivity index (χ3n) is 2.81. The van der Waals surface area contributed by atoms with Crippen molar-refractivity contribution >= 4 is 16.6 Å². The van der Waals surface area contributed by atoms with Gasteiger partial charge in [0, 0.05) is 4.90 Å². The van der Waals surface area contributed by atoms with Gasteiger partial charge in [0.15, 0.2) is 5.78 Å². The van der Waals surface area contributed by atoms with Crippen LogP contribution in [-0.4, -0.2) is 22.9 Å². The first-order valence-electron chi connectivity index (χ1n) is 6.02. The number of hydrogen-bond acceptors (Lipinski definition) is 3. The maximum absolute atomic E-state index is 13.5. The van der Waals surface area contributed by atoms with Crippen LogP contribution in [0, 0.1) is 11.6 Å². The molecule has 110 valence electrons. The molecular formula is C15H12F2O3S. The number of carbonyl (C=O) groups excluding carboxylic acids is 1. The molecule has 2 aromatic carbocycles. The number of halogens is 2. The van der Waals surface area contributed by atoms with Crippen molar-refractivity contribution in [3.8, 4) is 5.75 Å². The summed E-state index contributed by atoms with van der Waals surface area (Å²) in [6.45, 7) is 0. The predicted molar refractivity (Wildman–Crippen MR) is 75.0 cm³/mol. The van der Waals surface area contributed by atoms with Gasteiger partial charge in [-0.05, 0) is 42.5 Å². The smallest absolute Gasteiger partial charge is 0.178 e. The van der Waals surface area contributed by atoms with Crippen LogP contribution in [-0.2, 0) is 10.8 Å². The van der Waals surface area contributed by atoms with Gasteiger partial charge in [-0.2, -0.15) is 0 Å². The van der Waals surface area contributed by atoms with Gasteiger partial charge in [0.05, 0.1) is 29.2 Å². The topological polar surface area (TPSA) is 43.4 Å². The second-order valence-corrected chi connectivity index (χ2v) is 5.66. The molecule has 0 bridgehead atoms. The normalized spacial score (nSPS) is 12.0. The molecule has 2 rings (SSSR count). The molecule has 0 amide bonds. The zero-order valence-corrected chi connectivity index (χ0v) is 12.0. The highest BCUT2D eigenvalue weighted by Crippen LogP contribution is 2.16. The van der Waals surface area contributed by atoms with Crippen LogP contribution in [0.1, 0.15) is 10.4 Å². The van der Waals surface area contributed by atoms with Crippen LogP contribution < -0.4 is 4.74 Å². The van der Waals surface area contributed by atoms with E-state index in [1.807, 2.05) is 0 Å². The molecule has 1 unspecified atom stereocenters. The van der Waals surface area contributed by atoms with Gasteiger partial charge in [0.2, 0.25) is 0 Å². The van der Waals surface area contributed by atoms with Crippen LogP contribution in [0.4, 0.5) is 8.78 Å². The minimum absolute atomic E-state index is 0.392. The summed E-state index contributed by atoms with van der Waals surface area (Å²) in [5, 5.41) is 0. The molecule has 0 saturated carbocycles. The summed E-state index contributed by atoms with van der Waals surface area (Å²) in [6, 6.07) is 8.95. The Kier molecular flexibility index (Phi) is 4.80. The van der Waals surface area contributed by atoms with E-state index in [9.17, 15) is 17.8 Å². The minimum Gasteiger partial charge on any atom is -0.497 e. The Morgan fingerprint density at radius 1 is 1.14 bits per heavy atom. The Bertz CT molecular complexity index is 684. The van der Waals surface area contributed by atoms with E-state index < -0.39 is 39.5 Å². The Morgan fingerprint density at radius 2 is 1.81 bits per heavy atom. The Labute approximate surface area is 123 Å². The molecule has 1 atom stereocenters. The standard InChI is InChI=1S/C15H12F2O3S/c1-20-11-3-5-12(6-4-11)21(19)9-15(18)13-8-10(16)2-7-14(13)17/h2-8H,9H2,1H3. The second-order valence-electron chi connectivity index (χ2n) is 4.21. The van der Waals surface area contributed by atoms with Gasteiger partial charge in [-0.15, -0.1) is 0 Å². The first-order valence-corrected chi connectivity index (χ1v) is 7.34. The van der Waals surface area contributed by atoms with Crippen LogP contribution in [0.25, 0.3) is 0 Å². The first kappa shape index (κ1) is 15.3. The third kappa shape index (κ3) is 3.72. The zero-order valence-electron chi connectivity index (χ0n) is 11.1. The highest BCUT2D eigenvalue weighted by molar-refractivity contribution is 7.85. The van der Waals surface area contributed by atoms with Crippen LogP contribution in [0.3, 0.4) is 0 Å². The van der Waals surface area contributed by atoms with E-state index in [0.29, 0.717) is 10.6 Å². The monoisotopic (exact) mass is 310 g/mol. The summed E-state index contributed by atoms with van der Waals surface area (Å²) in [5.74, 6) is -2.06. The molecule has 0 aliphatic heterocycles. The summed E-state index contributed by atoms with van der Waals surface area (Å²) < 4.78 is 43.5. The molecule has 0 aromatic heterocycles. The molecule has 0 N–H and O–H groups in total. The fourth-order valence-corrected chi connectivity index (χ4v) is 2.72. The Hall–Kier alpha value is -2.08. The first-order chi connectivity index (χ1) is 10.0. The average molecular weight is 310 g/mol. The summed E-state index contributed by atoms with van der Waals surface area (Å²) in [7, 11) is -0.131. The van der Waals surface area contributed by atoms with Crippen molar-refractivity contribution in [3.63, 3.8) is 0 Å². The molecular weight excluding hydrogens is 298 g/mol. The van der Waals surface area contributed by atoms with E-state index in [2.05, 4.69) is 0 Å². The van der Waals surface area contributed by atoms with Crippen molar-refractivity contribution in [1.82, 2.24) is 0 Å². The van der Waals surface area contributed by atoms with Crippen LogP contribution in [0.2, 0.25) is 0 Å². The number of hydrogen-bond donors (Lipinski definition) is 0. The van der Waals surface area contributed by atoms with E-state index in [1.54, 1.807) is 24.3 Å². The molecule has 0 spiro atoms. The van der Waals surface area contributed by atoms with E-state index in [-0.39, 0.29) is 0 Å². The van der Waals surface area contributed by atoms with Crippen molar-refractivity contribution < 1.29 is 22.5 Å². The molecule has 0 aliphatic carbocycles. The summed E-state index contributed by atoms with van der Waals surface area (Å²) in [6.07, 6.45) is 0. The van der Waals surface area contributed by atoms with Gasteiger partial charge in [-0.25, -0.2) is 8.78 Å². The fourth-order valence-electron chi connectivity index (χ4n) is 1.72. The maximum Gasteiger partial charge on any atom is 0.178 e. The predicted octanol–water partition coefficient (Wildman–Crippen LogP) is 2.96. The largest absolute Gasteiger partial charge is 0.497 e. The number of benzene rings is 2. The van der Waals surface area contributed by atoms with Crippen LogP contribution in [0.5, 0.6) is 5.75 Å².